The molecule has 214 valence electrons. The molecule has 0 saturated carbocycles. The molecule has 0 unspecified atom stereocenters. The summed E-state index contributed by atoms with van der Waals surface area (Å²) in [7, 11) is 0. The van der Waals surface area contributed by atoms with Crippen molar-refractivity contribution in [3.8, 4) is 0 Å². The van der Waals surface area contributed by atoms with Gasteiger partial charge in [0, 0.05) is 12.8 Å². The van der Waals surface area contributed by atoms with Crippen molar-refractivity contribution < 1.29 is 4.79 Å². The van der Waals surface area contributed by atoms with E-state index in [1.54, 1.807) is 0 Å². The fraction of sp³-hybridized carbons (Fsp3) is 0.750. The average molecular weight is 515 g/mol. The molecule has 0 aromatic carbocycles. The Morgan fingerprint density at radius 1 is 0.459 bits per heavy atom. The molecule has 0 amide bonds. The second kappa shape index (κ2) is 32.7. The summed E-state index contributed by atoms with van der Waals surface area (Å²) >= 11 is 0. The van der Waals surface area contributed by atoms with Gasteiger partial charge in [-0.25, -0.2) is 0 Å². The van der Waals surface area contributed by atoms with Crippen LogP contribution in [0.4, 0.5) is 0 Å². The summed E-state index contributed by atoms with van der Waals surface area (Å²) in [5.41, 5.74) is 0. The number of unbranched alkanes of at least 4 members (excludes halogenated alkanes) is 17. The first-order valence-electron chi connectivity index (χ1n) is 16.4. The molecule has 1 heteroatoms. The van der Waals surface area contributed by atoms with E-state index in [1.807, 2.05) is 0 Å². The summed E-state index contributed by atoms with van der Waals surface area (Å²) in [6.45, 7) is 4.54. The second-order valence-electron chi connectivity index (χ2n) is 10.9. The molecule has 0 aliphatic carbocycles. The van der Waals surface area contributed by atoms with Gasteiger partial charge >= 0.3 is 0 Å². The predicted octanol–water partition coefficient (Wildman–Crippen LogP) is 12.6. The molecule has 0 rings (SSSR count). The predicted molar refractivity (Wildman–Crippen MR) is 168 cm³/mol. The van der Waals surface area contributed by atoms with E-state index in [1.165, 1.54) is 103 Å². The van der Waals surface area contributed by atoms with Crippen molar-refractivity contribution in [1.29, 1.82) is 0 Å². The second-order valence-corrected chi connectivity index (χ2v) is 10.9. The molecular weight excluding hydrogens is 450 g/mol. The van der Waals surface area contributed by atoms with Gasteiger partial charge < -0.3 is 0 Å². The quantitative estimate of drug-likeness (QED) is 0.0716. The van der Waals surface area contributed by atoms with E-state index < -0.39 is 0 Å². The van der Waals surface area contributed by atoms with Crippen LogP contribution in [0.3, 0.4) is 0 Å². The standard InChI is InChI=1S/C36H64O/c1-3-5-7-9-11-13-15-17-18-19-20-21-23-25-27-29-31-33-35-36(37)34-32-30-28-26-24-22-16-14-12-10-8-6-4-2/h11,13,17-18,20-21,25,27H,3-10,12,14-16,19,22-24,26,28-35H2,1-2H3/i34+2. The first-order chi connectivity index (χ1) is 18.3. The summed E-state index contributed by atoms with van der Waals surface area (Å²) in [5, 5.41) is 0. The third-order valence-electron chi connectivity index (χ3n) is 7.09. The Labute approximate surface area is 233 Å². The molecule has 0 aromatic rings. The molecule has 0 aliphatic heterocycles. The normalized spacial score (nSPS) is 12.3. The molecule has 0 atom stereocenters. The van der Waals surface area contributed by atoms with Gasteiger partial charge in [0.1, 0.15) is 5.78 Å². The summed E-state index contributed by atoms with van der Waals surface area (Å²) < 4.78 is 0. The number of allylic oxidation sites excluding steroid dienone is 8. The van der Waals surface area contributed by atoms with Gasteiger partial charge in [-0.15, -0.1) is 0 Å². The Bertz CT molecular complexity index is 565. The number of ketones is 1. The molecule has 0 aliphatic rings. The Hall–Kier alpha value is -1.37. The van der Waals surface area contributed by atoms with Crippen molar-refractivity contribution in [1.82, 2.24) is 0 Å². The van der Waals surface area contributed by atoms with Gasteiger partial charge in [0.25, 0.3) is 0 Å². The minimum Gasteiger partial charge on any atom is -0.300 e. The van der Waals surface area contributed by atoms with E-state index >= 15 is 0 Å². The topological polar surface area (TPSA) is 17.1 Å². The van der Waals surface area contributed by atoms with Gasteiger partial charge in [-0.05, 0) is 57.8 Å². The summed E-state index contributed by atoms with van der Waals surface area (Å²) in [6, 6.07) is 0. The van der Waals surface area contributed by atoms with E-state index in [0.717, 1.165) is 57.8 Å². The van der Waals surface area contributed by atoms with Gasteiger partial charge in [-0.2, -0.15) is 0 Å². The molecule has 0 N–H and O–H groups in total. The van der Waals surface area contributed by atoms with Crippen molar-refractivity contribution in [2.75, 3.05) is 0 Å². The van der Waals surface area contributed by atoms with Crippen LogP contribution in [0.2, 0.25) is 0 Å². The van der Waals surface area contributed by atoms with E-state index in [4.69, 9.17) is 0 Å². The minimum absolute atomic E-state index is 0.482. The zero-order valence-corrected chi connectivity index (χ0v) is 25.2. The molecule has 0 bridgehead atoms. The molecule has 0 radical (unpaired) electrons. The lowest BCUT2D eigenvalue weighted by atomic mass is 10.1. The molecule has 0 fully saturated rings. The highest BCUT2D eigenvalue weighted by Crippen LogP contribution is 2.14. The molecular formula is C36H64O. The van der Waals surface area contributed by atoms with Crippen LogP contribution < -0.4 is 0 Å². The van der Waals surface area contributed by atoms with Gasteiger partial charge in [0.15, 0.2) is 0 Å². The van der Waals surface area contributed by atoms with E-state index in [2.05, 4.69) is 62.5 Å². The van der Waals surface area contributed by atoms with E-state index in [0.29, 0.717) is 5.78 Å². The molecule has 0 spiro atoms. The van der Waals surface area contributed by atoms with Crippen molar-refractivity contribution >= 4 is 5.78 Å². The average Bonchev–Trinajstić information content (AvgIpc) is 2.90. The van der Waals surface area contributed by atoms with Crippen LogP contribution >= 0.6 is 0 Å². The summed E-state index contributed by atoms with van der Waals surface area (Å²) in [4.78, 5) is 12.1. The van der Waals surface area contributed by atoms with Crippen LogP contribution in [0.15, 0.2) is 48.6 Å². The first-order valence-corrected chi connectivity index (χ1v) is 16.4. The van der Waals surface area contributed by atoms with Crippen LogP contribution in [0.5, 0.6) is 0 Å². The maximum atomic E-state index is 12.1. The van der Waals surface area contributed by atoms with Crippen LogP contribution in [0.1, 0.15) is 174 Å². The SMILES string of the molecule is CCCCCC=CCC=CCC=CCC=CCCCCC(=O)[14CH2]CCCCCCCCCCCCCC. The number of rotatable bonds is 29. The lowest BCUT2D eigenvalue weighted by Crippen LogP contribution is -1.97. The number of carbonyl (C=O) groups is 1. The zero-order chi connectivity index (χ0) is 26.9. The van der Waals surface area contributed by atoms with Crippen LogP contribution in [0, 0.1) is 0 Å². The third-order valence-corrected chi connectivity index (χ3v) is 7.09. The Balaban J connectivity index is 3.36. The molecule has 0 aromatic heterocycles. The highest BCUT2D eigenvalue weighted by Gasteiger charge is 2.01. The van der Waals surface area contributed by atoms with Gasteiger partial charge in [0.05, 0.1) is 0 Å². The van der Waals surface area contributed by atoms with Crippen LogP contribution in [-0.4, -0.2) is 5.78 Å². The number of Topliss-reactive ketones (excluding diaryl/α,β-unsaturated/α-hetero) is 1. The summed E-state index contributed by atoms with van der Waals surface area (Å²) in [6.07, 6.45) is 49.1. The molecule has 0 saturated heterocycles. The Morgan fingerprint density at radius 3 is 1.32 bits per heavy atom. The van der Waals surface area contributed by atoms with Crippen LogP contribution in [0.25, 0.3) is 0 Å². The summed E-state index contributed by atoms with van der Waals surface area (Å²) in [5.74, 6) is 0.482. The van der Waals surface area contributed by atoms with Crippen LogP contribution in [-0.2, 0) is 4.79 Å². The molecule has 37 heavy (non-hydrogen) atoms. The maximum absolute atomic E-state index is 12.1. The molecule has 1 nitrogen and oxygen atoms in total. The fourth-order valence-corrected chi connectivity index (χ4v) is 4.61. The smallest absolute Gasteiger partial charge is 0.132 e. The Kier molecular flexibility index (Phi) is 31.4. The minimum atomic E-state index is 0.482. The van der Waals surface area contributed by atoms with Gasteiger partial charge in [-0.3, -0.25) is 4.79 Å². The van der Waals surface area contributed by atoms with Crippen molar-refractivity contribution in [3.63, 3.8) is 0 Å². The van der Waals surface area contributed by atoms with Crippen molar-refractivity contribution in [2.45, 2.75) is 174 Å². The van der Waals surface area contributed by atoms with Crippen molar-refractivity contribution in [3.05, 3.63) is 48.6 Å². The van der Waals surface area contributed by atoms with Gasteiger partial charge in [0.2, 0.25) is 0 Å². The van der Waals surface area contributed by atoms with Gasteiger partial charge in [-0.1, -0.05) is 152 Å². The molecule has 0 heterocycles. The fourth-order valence-electron chi connectivity index (χ4n) is 4.61. The Morgan fingerprint density at radius 2 is 0.838 bits per heavy atom. The lowest BCUT2D eigenvalue weighted by Gasteiger charge is -2.03. The largest absolute Gasteiger partial charge is 0.300 e. The lowest BCUT2D eigenvalue weighted by molar-refractivity contribution is -0.119. The van der Waals surface area contributed by atoms with Crippen molar-refractivity contribution in [2.24, 2.45) is 0 Å². The third kappa shape index (κ3) is 32.6. The number of hydrogen-bond donors (Lipinski definition) is 0. The zero-order valence-electron chi connectivity index (χ0n) is 25.2. The first kappa shape index (κ1) is 35.6. The maximum Gasteiger partial charge on any atom is 0.132 e. The highest BCUT2D eigenvalue weighted by molar-refractivity contribution is 5.78. The van der Waals surface area contributed by atoms with E-state index in [9.17, 15) is 4.79 Å². The monoisotopic (exact) mass is 514 g/mol. The highest BCUT2D eigenvalue weighted by atomic mass is 16.1. The number of carbonyl (C=O) groups excluding carboxylic acids is 1. The van der Waals surface area contributed by atoms with E-state index in [-0.39, 0.29) is 0 Å². The number of hydrogen-bond acceptors (Lipinski definition) is 1.